The molecule has 2 aromatic heterocycles. The van der Waals surface area contributed by atoms with E-state index in [1.165, 1.54) is 0 Å². The zero-order chi connectivity index (χ0) is 39.2. The number of anilines is 1. The Balaban J connectivity index is 1.06. The number of phenolic OH excluding ortho intramolecular Hbond substituents is 1. The van der Waals surface area contributed by atoms with Gasteiger partial charge in [0.2, 0.25) is 11.8 Å². The Morgan fingerprint density at radius 3 is 2.21 bits per heavy atom. The molecule has 13 nitrogen and oxygen atoms in total. The summed E-state index contributed by atoms with van der Waals surface area (Å²) in [5.74, 6) is -0.275. The minimum atomic E-state index is -1.02. The molecule has 7 rings (SSSR count). The van der Waals surface area contributed by atoms with Crippen LogP contribution in [-0.2, 0) is 16.0 Å². The van der Waals surface area contributed by atoms with Crippen molar-refractivity contribution < 1.29 is 19.5 Å². The van der Waals surface area contributed by atoms with E-state index in [1.807, 2.05) is 47.4 Å². The number of nitrogens with one attached hydrogen (secondary N) is 4. The average Bonchev–Trinajstić information content (AvgIpc) is 3.22. The van der Waals surface area contributed by atoms with Crippen LogP contribution in [0.5, 0.6) is 5.75 Å². The number of hydrogen-bond acceptors (Lipinski definition) is 8. The van der Waals surface area contributed by atoms with Crippen molar-refractivity contribution in [1.29, 1.82) is 0 Å². The summed E-state index contributed by atoms with van der Waals surface area (Å²) in [4.78, 5) is 68.5. The van der Waals surface area contributed by atoms with E-state index in [9.17, 15) is 24.3 Å². The lowest BCUT2D eigenvalue weighted by atomic mass is 9.89. The molecule has 2 unspecified atom stereocenters. The van der Waals surface area contributed by atoms with E-state index >= 15 is 0 Å². The minimum absolute atomic E-state index is 0.00785. The first-order valence-corrected chi connectivity index (χ1v) is 21.0. The van der Waals surface area contributed by atoms with Gasteiger partial charge in [0.15, 0.2) is 0 Å². The second-order valence-corrected chi connectivity index (χ2v) is 16.7. The summed E-state index contributed by atoms with van der Waals surface area (Å²) in [6.45, 7) is 4.93. The third kappa shape index (κ3) is 9.55. The molecule has 3 fully saturated rings. The van der Waals surface area contributed by atoms with E-state index < -0.39 is 18.0 Å². The fourth-order valence-corrected chi connectivity index (χ4v) is 9.47. The number of pyridine rings is 2. The van der Waals surface area contributed by atoms with Gasteiger partial charge in [0.25, 0.3) is 5.56 Å². The van der Waals surface area contributed by atoms with Crippen LogP contribution in [0.15, 0.2) is 80.7 Å². The smallest absolute Gasteiger partial charge is 0.318 e. The standard InChI is InChI=1S/C41H48Br2N8O5/c42-32-21-27(22-33(43)37(32)52)24-35(48-41(56)51-15-9-28(10-16-51)31-25-29-3-1-2-4-34(29)46-38(31)53)39(54)47-36(23-26-5-11-44-12-6-26)40(55)50-19-17-49(18-20-50)30-7-13-45-14-8-30/h1-4,7-8,13-14,21-22,25-26,28,35-36,44,52H,5-6,9-12,15-20,23-24H2,(H,46,53)(H,47,54)(H,48,56). The summed E-state index contributed by atoms with van der Waals surface area (Å²) >= 11 is 6.79. The number of benzene rings is 2. The number of rotatable bonds is 10. The van der Waals surface area contributed by atoms with Crippen LogP contribution in [-0.4, -0.2) is 107 Å². The fourth-order valence-electron chi connectivity index (χ4n) is 8.19. The number of fused-ring (bicyclic) bond motifs is 1. The zero-order valence-corrected chi connectivity index (χ0v) is 34.4. The zero-order valence-electron chi connectivity index (χ0n) is 31.2. The van der Waals surface area contributed by atoms with Crippen LogP contribution in [0.25, 0.3) is 10.9 Å². The first-order chi connectivity index (χ1) is 27.1. The van der Waals surface area contributed by atoms with Crippen LogP contribution in [0.2, 0.25) is 0 Å². The molecular weight excluding hydrogens is 844 g/mol. The largest absolute Gasteiger partial charge is 0.506 e. The molecule has 0 spiro atoms. The van der Waals surface area contributed by atoms with Crippen molar-refractivity contribution in [3.63, 3.8) is 0 Å². The van der Waals surface area contributed by atoms with E-state index in [-0.39, 0.29) is 41.5 Å². The Kier molecular flexibility index (Phi) is 12.9. The molecule has 0 saturated carbocycles. The van der Waals surface area contributed by atoms with Gasteiger partial charge in [-0.1, -0.05) is 18.2 Å². The highest BCUT2D eigenvalue weighted by Gasteiger charge is 2.35. The van der Waals surface area contributed by atoms with Crippen molar-refractivity contribution in [2.45, 2.75) is 56.5 Å². The Labute approximate surface area is 342 Å². The number of aromatic nitrogens is 2. The highest BCUT2D eigenvalue weighted by Crippen LogP contribution is 2.34. The van der Waals surface area contributed by atoms with Gasteiger partial charge in [-0.2, -0.15) is 0 Å². The molecule has 0 bridgehead atoms. The quantitative estimate of drug-likeness (QED) is 0.151. The summed E-state index contributed by atoms with van der Waals surface area (Å²) in [5, 5.41) is 20.8. The van der Waals surface area contributed by atoms with Crippen molar-refractivity contribution in [2.24, 2.45) is 5.92 Å². The van der Waals surface area contributed by atoms with Crippen LogP contribution in [0.1, 0.15) is 49.1 Å². The SMILES string of the molecule is O=C(NC(CC1CCNCC1)C(=O)N1CCN(c2ccncc2)CC1)C(Cc1cc(Br)c(O)c(Br)c1)NC(=O)N1CCC(c2cc3ccccc3[nH]c2=O)CC1. The number of carbonyl (C=O) groups excluding carboxylic acids is 3. The lowest BCUT2D eigenvalue weighted by Gasteiger charge is -2.38. The molecule has 4 aromatic rings. The Hall–Kier alpha value is -4.47. The van der Waals surface area contributed by atoms with Crippen LogP contribution < -0.4 is 26.4 Å². The molecule has 2 atom stereocenters. The van der Waals surface area contributed by atoms with Gasteiger partial charge in [-0.15, -0.1) is 0 Å². The Morgan fingerprint density at radius 2 is 1.52 bits per heavy atom. The molecule has 56 heavy (non-hydrogen) atoms. The number of aromatic hydroxyl groups is 1. The van der Waals surface area contributed by atoms with Crippen molar-refractivity contribution >= 4 is 66.3 Å². The summed E-state index contributed by atoms with van der Waals surface area (Å²) in [5.41, 5.74) is 3.15. The molecule has 0 aliphatic carbocycles. The summed E-state index contributed by atoms with van der Waals surface area (Å²) in [7, 11) is 0. The number of urea groups is 1. The minimum Gasteiger partial charge on any atom is -0.506 e. The van der Waals surface area contributed by atoms with Crippen molar-refractivity contribution in [1.82, 2.24) is 35.7 Å². The molecule has 0 radical (unpaired) electrons. The van der Waals surface area contributed by atoms with Gasteiger partial charge in [0.1, 0.15) is 17.8 Å². The van der Waals surface area contributed by atoms with Gasteiger partial charge in [-0.25, -0.2) is 4.79 Å². The highest BCUT2D eigenvalue weighted by atomic mass is 79.9. The number of piperazine rings is 1. The number of para-hydroxylation sites is 1. The number of piperidine rings is 2. The maximum Gasteiger partial charge on any atom is 0.318 e. The molecule has 3 aliphatic heterocycles. The van der Waals surface area contributed by atoms with E-state index in [1.54, 1.807) is 29.4 Å². The Morgan fingerprint density at radius 1 is 0.839 bits per heavy atom. The molecule has 2 aromatic carbocycles. The molecule has 5 N–H and O–H groups in total. The fraction of sp³-hybridized carbons (Fsp3) is 0.439. The molecule has 3 aliphatic rings. The van der Waals surface area contributed by atoms with Crippen LogP contribution >= 0.6 is 31.9 Å². The van der Waals surface area contributed by atoms with Crippen LogP contribution in [0, 0.1) is 5.92 Å². The van der Waals surface area contributed by atoms with Gasteiger partial charge in [0, 0.05) is 74.9 Å². The monoisotopic (exact) mass is 890 g/mol. The topological polar surface area (TPSA) is 163 Å². The number of aromatic amines is 1. The van der Waals surface area contributed by atoms with Gasteiger partial charge < -0.3 is 40.7 Å². The lowest BCUT2D eigenvalue weighted by molar-refractivity contribution is -0.137. The number of halogens is 2. The normalized spacial score (nSPS) is 18.1. The van der Waals surface area contributed by atoms with Gasteiger partial charge in [-0.05, 0) is 136 Å². The van der Waals surface area contributed by atoms with Gasteiger partial charge in [-0.3, -0.25) is 19.4 Å². The lowest BCUT2D eigenvalue weighted by Crippen LogP contribution is -2.59. The number of carbonyl (C=O) groups is 3. The van der Waals surface area contributed by atoms with Crippen molar-refractivity contribution in [3.05, 3.63) is 97.4 Å². The molecule has 5 heterocycles. The highest BCUT2D eigenvalue weighted by molar-refractivity contribution is 9.11. The first kappa shape index (κ1) is 39.8. The predicted octanol–water partition coefficient (Wildman–Crippen LogP) is 4.88. The second kappa shape index (κ2) is 18.2. The molecule has 3 saturated heterocycles. The van der Waals surface area contributed by atoms with Gasteiger partial charge >= 0.3 is 6.03 Å². The van der Waals surface area contributed by atoms with Crippen LogP contribution in [0.4, 0.5) is 10.5 Å². The second-order valence-electron chi connectivity index (χ2n) is 15.0. The van der Waals surface area contributed by atoms with Gasteiger partial charge in [0.05, 0.1) is 8.95 Å². The average molecular weight is 893 g/mol. The molecular formula is C41H48Br2N8O5. The number of likely N-dealkylation sites (tertiary alicyclic amines) is 1. The number of phenols is 1. The number of amides is 4. The van der Waals surface area contributed by atoms with E-state index in [0.29, 0.717) is 78.6 Å². The molecule has 4 amide bonds. The third-order valence-electron chi connectivity index (χ3n) is 11.4. The van der Waals surface area contributed by atoms with Crippen molar-refractivity contribution in [3.8, 4) is 5.75 Å². The summed E-state index contributed by atoms with van der Waals surface area (Å²) in [6, 6.07) is 14.8. The number of nitrogens with zero attached hydrogens (tertiary/aromatic N) is 4. The summed E-state index contributed by atoms with van der Waals surface area (Å²) in [6.07, 6.45) is 7.18. The maximum absolute atomic E-state index is 14.4. The first-order valence-electron chi connectivity index (χ1n) is 19.4. The van der Waals surface area contributed by atoms with Crippen LogP contribution in [0.3, 0.4) is 0 Å². The van der Waals surface area contributed by atoms with E-state index in [4.69, 9.17) is 0 Å². The van der Waals surface area contributed by atoms with Crippen molar-refractivity contribution in [2.75, 3.05) is 57.3 Å². The maximum atomic E-state index is 14.4. The number of hydrogen-bond donors (Lipinski definition) is 5. The molecule has 296 valence electrons. The van der Waals surface area contributed by atoms with E-state index in [2.05, 4.69) is 62.7 Å². The third-order valence-corrected chi connectivity index (χ3v) is 12.6. The predicted molar refractivity (Wildman–Crippen MR) is 223 cm³/mol. The number of H-pyrrole nitrogens is 1. The molecule has 15 heteroatoms. The summed E-state index contributed by atoms with van der Waals surface area (Å²) < 4.78 is 0.894. The Bertz CT molecular complexity index is 2060. The van der Waals surface area contributed by atoms with E-state index in [0.717, 1.165) is 42.5 Å².